The molecule has 2 atom stereocenters. The summed E-state index contributed by atoms with van der Waals surface area (Å²) >= 11 is 1.59. The van der Waals surface area contributed by atoms with Crippen LogP contribution in [0.2, 0.25) is 0 Å². The van der Waals surface area contributed by atoms with Crippen molar-refractivity contribution in [3.63, 3.8) is 0 Å². The van der Waals surface area contributed by atoms with E-state index in [1.165, 1.54) is 0 Å². The van der Waals surface area contributed by atoms with E-state index in [0.29, 0.717) is 17.6 Å². The Morgan fingerprint density at radius 1 is 1.29 bits per heavy atom. The number of nitrogens with zero attached hydrogens (tertiary/aromatic N) is 2. The maximum atomic E-state index is 12.0. The van der Waals surface area contributed by atoms with E-state index in [2.05, 4.69) is 42.8 Å². The SMILES string of the molecule is CSCC(=O)N[C@@H]1CN(CC(C)(C)N2CCOCC2)C[C@H]1C(C)C. The van der Waals surface area contributed by atoms with E-state index in [1.807, 2.05) is 6.26 Å². The number of hydrogen-bond acceptors (Lipinski definition) is 5. The summed E-state index contributed by atoms with van der Waals surface area (Å²) in [6, 6.07) is 0.283. The van der Waals surface area contributed by atoms with E-state index in [1.54, 1.807) is 11.8 Å². The molecule has 1 amide bonds. The maximum Gasteiger partial charge on any atom is 0.230 e. The topological polar surface area (TPSA) is 44.8 Å². The molecule has 0 saturated carbocycles. The van der Waals surface area contributed by atoms with Crippen LogP contribution >= 0.6 is 11.8 Å². The summed E-state index contributed by atoms with van der Waals surface area (Å²) in [5.41, 5.74) is 0.142. The third-order valence-corrected chi connectivity index (χ3v) is 5.95. The molecule has 5 nitrogen and oxygen atoms in total. The summed E-state index contributed by atoms with van der Waals surface area (Å²) in [6.45, 7) is 16.0. The average molecular weight is 358 g/mol. The lowest BCUT2D eigenvalue weighted by Gasteiger charge is -2.43. The lowest BCUT2D eigenvalue weighted by Crippen LogP contribution is -2.55. The Bertz CT molecular complexity index is 411. The molecular weight excluding hydrogens is 322 g/mol. The first-order chi connectivity index (χ1) is 11.3. The first-order valence-electron chi connectivity index (χ1n) is 9.17. The number of rotatable bonds is 7. The maximum absolute atomic E-state index is 12.0. The number of thioether (sulfide) groups is 1. The van der Waals surface area contributed by atoms with Gasteiger partial charge in [-0.1, -0.05) is 13.8 Å². The molecular formula is C18H35N3O2S. The highest BCUT2D eigenvalue weighted by Crippen LogP contribution is 2.27. The van der Waals surface area contributed by atoms with Crippen molar-refractivity contribution in [2.24, 2.45) is 11.8 Å². The molecule has 24 heavy (non-hydrogen) atoms. The highest BCUT2D eigenvalue weighted by atomic mass is 32.2. The minimum atomic E-state index is 0.142. The van der Waals surface area contributed by atoms with Gasteiger partial charge in [-0.2, -0.15) is 11.8 Å². The van der Waals surface area contributed by atoms with Gasteiger partial charge in [0.25, 0.3) is 0 Å². The molecule has 2 heterocycles. The van der Waals surface area contributed by atoms with Crippen LogP contribution in [-0.2, 0) is 9.53 Å². The number of likely N-dealkylation sites (tertiary alicyclic amines) is 1. The zero-order chi connectivity index (χ0) is 17.7. The number of hydrogen-bond donors (Lipinski definition) is 1. The Morgan fingerprint density at radius 3 is 2.54 bits per heavy atom. The number of morpholine rings is 1. The van der Waals surface area contributed by atoms with Gasteiger partial charge in [-0.25, -0.2) is 0 Å². The standard InChI is InChI=1S/C18H35N3O2S/c1-14(2)15-10-20(11-16(15)19-17(22)12-24-5)13-18(3,4)21-6-8-23-9-7-21/h14-16H,6-13H2,1-5H3,(H,19,22)/t15-,16+/m0/s1. The molecule has 1 N–H and O–H groups in total. The van der Waals surface area contributed by atoms with Gasteiger partial charge in [0.05, 0.1) is 19.0 Å². The zero-order valence-corrected chi connectivity index (χ0v) is 16.8. The number of nitrogens with one attached hydrogen (secondary N) is 1. The van der Waals surface area contributed by atoms with Gasteiger partial charge in [0.1, 0.15) is 0 Å². The first-order valence-corrected chi connectivity index (χ1v) is 10.6. The smallest absolute Gasteiger partial charge is 0.230 e. The summed E-state index contributed by atoms with van der Waals surface area (Å²) < 4.78 is 5.49. The molecule has 2 saturated heterocycles. The molecule has 2 aliphatic rings. The van der Waals surface area contributed by atoms with E-state index in [4.69, 9.17) is 4.74 Å². The van der Waals surface area contributed by atoms with E-state index in [9.17, 15) is 4.79 Å². The van der Waals surface area contributed by atoms with Gasteiger partial charge >= 0.3 is 0 Å². The first kappa shape index (κ1) is 20.0. The van der Waals surface area contributed by atoms with Crippen LogP contribution in [-0.4, -0.2) is 85.2 Å². The highest BCUT2D eigenvalue weighted by molar-refractivity contribution is 7.99. The van der Waals surface area contributed by atoms with E-state index >= 15 is 0 Å². The third kappa shape index (κ3) is 5.35. The Balaban J connectivity index is 1.94. The molecule has 2 aliphatic heterocycles. The van der Waals surface area contributed by atoms with Crippen LogP contribution in [0.3, 0.4) is 0 Å². The quantitative estimate of drug-likeness (QED) is 0.749. The molecule has 0 aliphatic carbocycles. The molecule has 0 radical (unpaired) electrons. The van der Waals surface area contributed by atoms with E-state index in [-0.39, 0.29) is 17.5 Å². The van der Waals surface area contributed by atoms with Crippen molar-refractivity contribution in [1.82, 2.24) is 15.1 Å². The number of amides is 1. The van der Waals surface area contributed by atoms with Crippen LogP contribution in [0.25, 0.3) is 0 Å². The Hall–Kier alpha value is -0.300. The van der Waals surface area contributed by atoms with Crippen LogP contribution in [0.1, 0.15) is 27.7 Å². The van der Waals surface area contributed by atoms with Gasteiger partial charge in [0.15, 0.2) is 0 Å². The van der Waals surface area contributed by atoms with E-state index in [0.717, 1.165) is 45.9 Å². The summed E-state index contributed by atoms with van der Waals surface area (Å²) in [5.74, 6) is 1.85. The lowest BCUT2D eigenvalue weighted by molar-refractivity contribution is -0.119. The van der Waals surface area contributed by atoms with Gasteiger partial charge in [0, 0.05) is 44.3 Å². The van der Waals surface area contributed by atoms with Crippen LogP contribution in [0, 0.1) is 11.8 Å². The monoisotopic (exact) mass is 357 g/mol. The van der Waals surface area contributed by atoms with Gasteiger partial charge < -0.3 is 10.1 Å². The molecule has 0 unspecified atom stereocenters. The van der Waals surface area contributed by atoms with Crippen molar-refractivity contribution < 1.29 is 9.53 Å². The largest absolute Gasteiger partial charge is 0.379 e. The fraction of sp³-hybridized carbons (Fsp3) is 0.944. The Morgan fingerprint density at radius 2 is 1.96 bits per heavy atom. The molecule has 0 aromatic rings. The summed E-state index contributed by atoms with van der Waals surface area (Å²) in [5, 5.41) is 3.27. The van der Waals surface area contributed by atoms with Crippen molar-refractivity contribution in [3.05, 3.63) is 0 Å². The number of carbonyl (C=O) groups is 1. The minimum absolute atomic E-state index is 0.142. The number of carbonyl (C=O) groups excluding carboxylic acids is 1. The van der Waals surface area contributed by atoms with Crippen molar-refractivity contribution in [1.29, 1.82) is 0 Å². The normalized spacial score (nSPS) is 26.9. The second-order valence-corrected chi connectivity index (χ2v) is 8.99. The lowest BCUT2D eigenvalue weighted by atomic mass is 9.91. The molecule has 0 spiro atoms. The fourth-order valence-corrected chi connectivity index (χ4v) is 4.41. The number of ether oxygens (including phenoxy) is 1. The predicted octanol–water partition coefficient (Wildman–Crippen LogP) is 1.53. The van der Waals surface area contributed by atoms with Crippen LogP contribution in [0.4, 0.5) is 0 Å². The van der Waals surface area contributed by atoms with Crippen molar-refractivity contribution >= 4 is 17.7 Å². The zero-order valence-electron chi connectivity index (χ0n) is 16.0. The summed E-state index contributed by atoms with van der Waals surface area (Å²) in [4.78, 5) is 17.1. The fourth-order valence-electron chi connectivity index (χ4n) is 4.07. The predicted molar refractivity (Wildman–Crippen MR) is 102 cm³/mol. The summed E-state index contributed by atoms with van der Waals surface area (Å²) in [7, 11) is 0. The van der Waals surface area contributed by atoms with Crippen LogP contribution in [0.15, 0.2) is 0 Å². The third-order valence-electron chi connectivity index (χ3n) is 5.40. The minimum Gasteiger partial charge on any atom is -0.379 e. The molecule has 6 heteroatoms. The molecule has 0 bridgehead atoms. The Labute approximate surface area is 151 Å². The molecule has 2 fully saturated rings. The van der Waals surface area contributed by atoms with Crippen molar-refractivity contribution in [3.8, 4) is 0 Å². The molecule has 0 aromatic heterocycles. The highest BCUT2D eigenvalue weighted by Gasteiger charge is 2.39. The second-order valence-electron chi connectivity index (χ2n) is 8.12. The second kappa shape index (κ2) is 8.88. The molecule has 0 aromatic carbocycles. The van der Waals surface area contributed by atoms with Crippen LogP contribution < -0.4 is 5.32 Å². The average Bonchev–Trinajstić information content (AvgIpc) is 2.90. The van der Waals surface area contributed by atoms with Crippen molar-refractivity contribution in [2.45, 2.75) is 39.3 Å². The Kier molecular flexibility index (Phi) is 7.40. The van der Waals surface area contributed by atoms with Gasteiger partial charge in [0.2, 0.25) is 5.91 Å². The van der Waals surface area contributed by atoms with Gasteiger partial charge in [-0.15, -0.1) is 0 Å². The van der Waals surface area contributed by atoms with Gasteiger partial charge in [-0.3, -0.25) is 14.6 Å². The van der Waals surface area contributed by atoms with Crippen LogP contribution in [0.5, 0.6) is 0 Å². The van der Waals surface area contributed by atoms with Crippen molar-refractivity contribution in [2.75, 3.05) is 57.9 Å². The molecule has 140 valence electrons. The van der Waals surface area contributed by atoms with E-state index < -0.39 is 0 Å². The van der Waals surface area contributed by atoms with Gasteiger partial charge in [-0.05, 0) is 31.9 Å². The summed E-state index contributed by atoms with van der Waals surface area (Å²) in [6.07, 6.45) is 1.98. The molecule has 2 rings (SSSR count).